The van der Waals surface area contributed by atoms with Crippen molar-refractivity contribution in [2.24, 2.45) is 17.6 Å². The number of hydrogen-bond donors (Lipinski definition) is 10. The zero-order valence-electron chi connectivity index (χ0n) is 32.0. The van der Waals surface area contributed by atoms with Crippen LogP contribution in [0.3, 0.4) is 0 Å². The van der Waals surface area contributed by atoms with Gasteiger partial charge in [0.25, 0.3) is 0 Å². The Morgan fingerprint density at radius 3 is 2.05 bits per heavy atom. The SMILES string of the molecule is CC[C@H](C)[C@H](NC(=O)[C@H](C)N)C(=O)N[C@@H](CC(C)C)C(=O)N[C@@H](CO)C(=O)N[C@@H](CO)C(=O)N1CCC[C@H]1C(=O)N[C@@H](Cc1c[nH]c2ccccc12)C(=O)O. The third-order valence-corrected chi connectivity index (χ3v) is 9.71. The lowest BCUT2D eigenvalue weighted by atomic mass is 9.96. The van der Waals surface area contributed by atoms with Crippen LogP contribution in [0.5, 0.6) is 0 Å². The number of likely N-dealkylation sites (tertiary alicyclic amines) is 1. The molecule has 2 heterocycles. The van der Waals surface area contributed by atoms with Crippen molar-refractivity contribution in [3.63, 3.8) is 0 Å². The molecule has 3 rings (SSSR count). The number of hydrogen-bond acceptors (Lipinski definition) is 10. The number of nitrogens with zero attached hydrogens (tertiary/aromatic N) is 1. The topological polar surface area (TPSA) is 285 Å². The lowest BCUT2D eigenvalue weighted by Crippen LogP contribution is -2.61. The first-order valence-electron chi connectivity index (χ1n) is 18.6. The summed E-state index contributed by atoms with van der Waals surface area (Å²) in [7, 11) is 0. The zero-order valence-corrected chi connectivity index (χ0v) is 32.0. The number of nitrogens with one attached hydrogen (secondary N) is 6. The number of nitrogens with two attached hydrogens (primary N) is 1. The first kappa shape index (κ1) is 44.3. The molecule has 1 aromatic heterocycles. The summed E-state index contributed by atoms with van der Waals surface area (Å²) in [5.74, 6) is -6.28. The minimum absolute atomic E-state index is 0.0282. The van der Waals surface area contributed by atoms with Gasteiger partial charge in [-0.05, 0) is 49.7 Å². The average Bonchev–Trinajstić information content (AvgIpc) is 3.81. The second kappa shape index (κ2) is 20.6. The summed E-state index contributed by atoms with van der Waals surface area (Å²) < 4.78 is 0. The van der Waals surface area contributed by atoms with Gasteiger partial charge in [0.05, 0.1) is 19.3 Å². The van der Waals surface area contributed by atoms with Gasteiger partial charge in [0.2, 0.25) is 35.4 Å². The van der Waals surface area contributed by atoms with Gasteiger partial charge in [-0.1, -0.05) is 52.3 Å². The van der Waals surface area contributed by atoms with Crippen LogP contribution < -0.4 is 32.3 Å². The Kier molecular flexibility index (Phi) is 16.6. The van der Waals surface area contributed by atoms with Crippen molar-refractivity contribution >= 4 is 52.3 Å². The maximum atomic E-state index is 13.6. The van der Waals surface area contributed by atoms with E-state index in [9.17, 15) is 48.9 Å². The van der Waals surface area contributed by atoms with E-state index >= 15 is 0 Å². The van der Waals surface area contributed by atoms with Crippen LogP contribution in [0.2, 0.25) is 0 Å². The van der Waals surface area contributed by atoms with Crippen LogP contribution in [-0.2, 0) is 40.0 Å². The molecule has 1 aliphatic rings. The molecule has 0 unspecified atom stereocenters. The third kappa shape index (κ3) is 12.0. The predicted molar refractivity (Wildman–Crippen MR) is 201 cm³/mol. The van der Waals surface area contributed by atoms with Gasteiger partial charge in [0, 0.05) is 30.1 Å². The van der Waals surface area contributed by atoms with Gasteiger partial charge in [0.1, 0.15) is 36.3 Å². The van der Waals surface area contributed by atoms with Crippen LogP contribution in [0.4, 0.5) is 0 Å². The summed E-state index contributed by atoms with van der Waals surface area (Å²) >= 11 is 0. The summed E-state index contributed by atoms with van der Waals surface area (Å²) in [6.45, 7) is 6.95. The fourth-order valence-electron chi connectivity index (χ4n) is 6.37. The first-order valence-corrected chi connectivity index (χ1v) is 18.6. The second-order valence-electron chi connectivity index (χ2n) is 14.5. The minimum atomic E-state index is -1.61. The first-order chi connectivity index (χ1) is 26.0. The molecule has 0 aliphatic carbocycles. The number of amides is 6. The van der Waals surface area contributed by atoms with E-state index in [0.717, 1.165) is 15.8 Å². The maximum absolute atomic E-state index is 13.6. The van der Waals surface area contributed by atoms with Crippen LogP contribution in [0.15, 0.2) is 30.5 Å². The number of H-pyrrole nitrogens is 1. The highest BCUT2D eigenvalue weighted by atomic mass is 16.4. The Bertz CT molecular complexity index is 1680. The Morgan fingerprint density at radius 1 is 0.836 bits per heavy atom. The highest BCUT2D eigenvalue weighted by molar-refractivity contribution is 5.97. The molecule has 0 spiro atoms. The number of aromatic amines is 1. The summed E-state index contributed by atoms with van der Waals surface area (Å²) in [6.07, 6.45) is 2.89. The van der Waals surface area contributed by atoms with E-state index in [4.69, 9.17) is 5.73 Å². The maximum Gasteiger partial charge on any atom is 0.326 e. The molecule has 304 valence electrons. The molecule has 0 radical (unpaired) electrons. The van der Waals surface area contributed by atoms with Crippen molar-refractivity contribution in [2.45, 2.75) is 109 Å². The number of carboxylic acids is 1. The molecule has 8 atom stereocenters. The molecule has 6 amide bonds. The van der Waals surface area contributed by atoms with E-state index in [1.54, 1.807) is 13.1 Å². The van der Waals surface area contributed by atoms with Crippen LogP contribution in [0, 0.1) is 11.8 Å². The van der Waals surface area contributed by atoms with E-state index in [0.29, 0.717) is 18.4 Å². The number of aliphatic carboxylic acids is 1. The Morgan fingerprint density at radius 2 is 1.45 bits per heavy atom. The largest absolute Gasteiger partial charge is 0.480 e. The third-order valence-electron chi connectivity index (χ3n) is 9.71. The zero-order chi connectivity index (χ0) is 41.0. The van der Waals surface area contributed by atoms with Gasteiger partial charge >= 0.3 is 5.97 Å². The van der Waals surface area contributed by atoms with Gasteiger partial charge in [-0.2, -0.15) is 0 Å². The van der Waals surface area contributed by atoms with Crippen molar-refractivity contribution in [1.82, 2.24) is 36.5 Å². The summed E-state index contributed by atoms with van der Waals surface area (Å²) in [5, 5.41) is 43.4. The molecule has 1 fully saturated rings. The number of carboxylic acid groups (broad SMARTS) is 1. The number of benzene rings is 1. The molecule has 55 heavy (non-hydrogen) atoms. The molecule has 11 N–H and O–H groups in total. The molecule has 1 aromatic carbocycles. The molecule has 0 saturated carbocycles. The smallest absolute Gasteiger partial charge is 0.326 e. The van der Waals surface area contributed by atoms with Gasteiger partial charge in [-0.15, -0.1) is 0 Å². The number of carbonyl (C=O) groups excluding carboxylic acids is 6. The molecule has 18 heteroatoms. The predicted octanol–water partition coefficient (Wildman–Crippen LogP) is -1.37. The average molecular weight is 773 g/mol. The van der Waals surface area contributed by atoms with E-state index in [2.05, 4.69) is 31.6 Å². The molecule has 0 bridgehead atoms. The Hall–Kier alpha value is -5.07. The summed E-state index contributed by atoms with van der Waals surface area (Å²) in [5.41, 5.74) is 7.15. The fourth-order valence-corrected chi connectivity index (χ4v) is 6.37. The lowest BCUT2D eigenvalue weighted by molar-refractivity contribution is -0.145. The monoisotopic (exact) mass is 772 g/mol. The number of fused-ring (bicyclic) bond motifs is 1. The highest BCUT2D eigenvalue weighted by Crippen LogP contribution is 2.22. The normalized spacial score (nSPS) is 18.0. The van der Waals surface area contributed by atoms with Gasteiger partial charge < -0.3 is 57.5 Å². The summed E-state index contributed by atoms with van der Waals surface area (Å²) in [6, 6.07) is -1.36. The standard InChI is InChI=1S/C37H56N8O10/c1-6-20(4)30(44-31(48)21(5)38)35(52)40-25(14-19(2)3)32(49)42-27(17-46)33(50)43-28(18-47)36(53)45-13-9-12-29(45)34(51)41-26(37(54)55)15-22-16-39-24-11-8-7-10-23(22)24/h7-8,10-11,16,19-21,25-30,39,46-47H,6,9,12-15,17-18,38H2,1-5H3,(H,40,52)(H,41,51)(H,42,49)(H,43,50)(H,44,48)(H,54,55)/t20-,21-,25-,26-,27-,28-,29-,30-/m0/s1. The van der Waals surface area contributed by atoms with E-state index in [1.165, 1.54) is 6.92 Å². The molecule has 18 nitrogen and oxygen atoms in total. The van der Waals surface area contributed by atoms with Crippen LogP contribution in [0.1, 0.15) is 65.9 Å². The second-order valence-corrected chi connectivity index (χ2v) is 14.5. The number of aliphatic hydroxyl groups excluding tert-OH is 2. The van der Waals surface area contributed by atoms with E-state index in [-0.39, 0.29) is 37.6 Å². The lowest BCUT2D eigenvalue weighted by Gasteiger charge is -2.30. The van der Waals surface area contributed by atoms with Crippen LogP contribution in [0.25, 0.3) is 10.9 Å². The van der Waals surface area contributed by atoms with Gasteiger partial charge in [-0.3, -0.25) is 28.8 Å². The fraction of sp³-hybridized carbons (Fsp3) is 0.595. The van der Waals surface area contributed by atoms with Gasteiger partial charge in [0.15, 0.2) is 0 Å². The number of rotatable bonds is 20. The molecule has 2 aromatic rings. The van der Waals surface area contributed by atoms with Crippen LogP contribution >= 0.6 is 0 Å². The van der Waals surface area contributed by atoms with Crippen molar-refractivity contribution in [3.05, 3.63) is 36.0 Å². The number of carbonyl (C=O) groups is 7. The molecular weight excluding hydrogens is 716 g/mol. The van der Waals surface area contributed by atoms with Gasteiger partial charge in [-0.25, -0.2) is 4.79 Å². The number of aromatic nitrogens is 1. The van der Waals surface area contributed by atoms with E-state index in [1.807, 2.05) is 45.0 Å². The highest BCUT2D eigenvalue weighted by Gasteiger charge is 2.40. The van der Waals surface area contributed by atoms with Crippen molar-refractivity contribution in [2.75, 3.05) is 19.8 Å². The van der Waals surface area contributed by atoms with Crippen molar-refractivity contribution in [3.8, 4) is 0 Å². The molecular formula is C37H56N8O10. The summed E-state index contributed by atoms with van der Waals surface area (Å²) in [4.78, 5) is 95.9. The minimum Gasteiger partial charge on any atom is -0.480 e. The van der Waals surface area contributed by atoms with Crippen molar-refractivity contribution in [1.29, 1.82) is 0 Å². The Balaban J connectivity index is 1.68. The molecule has 1 aliphatic heterocycles. The van der Waals surface area contributed by atoms with E-state index < -0.39 is 96.9 Å². The van der Waals surface area contributed by atoms with Crippen molar-refractivity contribution < 1.29 is 48.9 Å². The number of aliphatic hydroxyl groups is 2. The number of para-hydroxylation sites is 1. The quantitative estimate of drug-likeness (QED) is 0.0750. The Labute approximate surface area is 319 Å². The van der Waals surface area contributed by atoms with Crippen LogP contribution in [-0.4, -0.2) is 129 Å². The molecule has 1 saturated heterocycles.